The molecule has 0 saturated carbocycles. The van der Waals surface area contributed by atoms with Gasteiger partial charge in [-0.1, -0.05) is 35.5 Å². The van der Waals surface area contributed by atoms with Crippen molar-refractivity contribution in [3.63, 3.8) is 0 Å². The first-order valence-corrected chi connectivity index (χ1v) is 11.1. The van der Waals surface area contributed by atoms with Crippen molar-refractivity contribution in [2.45, 2.75) is 46.6 Å². The molecule has 4 aromatic rings. The molecule has 0 fully saturated rings. The van der Waals surface area contributed by atoms with Gasteiger partial charge in [0.1, 0.15) is 0 Å². The number of aromatic nitrogens is 4. The molecule has 0 aliphatic rings. The van der Waals surface area contributed by atoms with Crippen molar-refractivity contribution in [2.75, 3.05) is 5.32 Å². The maximum absolute atomic E-state index is 12.2. The molecule has 3 aromatic heterocycles. The van der Waals surface area contributed by atoms with E-state index < -0.39 is 0 Å². The summed E-state index contributed by atoms with van der Waals surface area (Å²) in [5.41, 5.74) is 5.70. The van der Waals surface area contributed by atoms with Gasteiger partial charge in [0.25, 0.3) is 0 Å². The molecule has 0 radical (unpaired) electrons. The number of anilines is 1. The first-order chi connectivity index (χ1) is 15.0. The molecule has 0 atom stereocenters. The summed E-state index contributed by atoms with van der Waals surface area (Å²) in [6, 6.07) is 12.7. The fraction of sp³-hybridized carbons (Fsp3) is 0.304. The van der Waals surface area contributed by atoms with Gasteiger partial charge in [-0.25, -0.2) is 4.98 Å². The van der Waals surface area contributed by atoms with Crippen molar-refractivity contribution >= 4 is 22.4 Å². The van der Waals surface area contributed by atoms with Crippen LogP contribution in [0.4, 0.5) is 5.13 Å². The van der Waals surface area contributed by atoms with Gasteiger partial charge in [-0.2, -0.15) is 4.98 Å². The number of thiazole rings is 1. The van der Waals surface area contributed by atoms with E-state index in [0.717, 1.165) is 24.2 Å². The first-order valence-electron chi connectivity index (χ1n) is 10.2. The summed E-state index contributed by atoms with van der Waals surface area (Å²) in [6.07, 6.45) is 1.66. The predicted molar refractivity (Wildman–Crippen MR) is 121 cm³/mol. The van der Waals surface area contributed by atoms with Crippen molar-refractivity contribution in [2.24, 2.45) is 0 Å². The van der Waals surface area contributed by atoms with Gasteiger partial charge in [-0.05, 0) is 38.8 Å². The number of aryl methyl sites for hydroxylation is 4. The molecule has 1 amide bonds. The highest BCUT2D eigenvalue weighted by atomic mass is 32.1. The lowest BCUT2D eigenvalue weighted by molar-refractivity contribution is -0.116. The lowest BCUT2D eigenvalue weighted by Crippen LogP contribution is -2.12. The van der Waals surface area contributed by atoms with Crippen molar-refractivity contribution < 1.29 is 9.32 Å². The Morgan fingerprint density at radius 2 is 1.94 bits per heavy atom. The smallest absolute Gasteiger partial charge is 0.227 e. The summed E-state index contributed by atoms with van der Waals surface area (Å²) in [4.78, 5) is 21.0. The number of amides is 1. The highest BCUT2D eigenvalue weighted by Gasteiger charge is 2.15. The van der Waals surface area contributed by atoms with Crippen LogP contribution >= 0.6 is 11.3 Å². The summed E-state index contributed by atoms with van der Waals surface area (Å²) in [5.74, 6) is 0.918. The maximum atomic E-state index is 12.2. The van der Waals surface area contributed by atoms with Crippen LogP contribution in [0.5, 0.6) is 0 Å². The number of nitrogens with one attached hydrogen (secondary N) is 1. The molecule has 7 nitrogen and oxygen atoms in total. The van der Waals surface area contributed by atoms with Gasteiger partial charge in [0.15, 0.2) is 11.0 Å². The lowest BCUT2D eigenvalue weighted by atomic mass is 10.1. The number of hydrogen-bond acceptors (Lipinski definition) is 6. The van der Waals surface area contributed by atoms with Gasteiger partial charge in [0.2, 0.25) is 11.8 Å². The Morgan fingerprint density at radius 3 is 2.68 bits per heavy atom. The van der Waals surface area contributed by atoms with E-state index in [2.05, 4.69) is 69.2 Å². The number of hydrogen-bond donors (Lipinski definition) is 1. The SMILES string of the molecule is Cc1noc(CCC(=O)Nc2nc(-c3cc(C)n(CCc4ccccc4)c3C)cs2)n1. The molecule has 1 aromatic carbocycles. The topological polar surface area (TPSA) is 85.8 Å². The van der Waals surface area contributed by atoms with Crippen LogP contribution in [0.25, 0.3) is 11.3 Å². The van der Waals surface area contributed by atoms with E-state index in [-0.39, 0.29) is 12.3 Å². The second-order valence-electron chi connectivity index (χ2n) is 7.49. The van der Waals surface area contributed by atoms with Crippen LogP contribution in [0.1, 0.15) is 35.1 Å². The van der Waals surface area contributed by atoms with E-state index in [0.29, 0.717) is 23.3 Å². The van der Waals surface area contributed by atoms with E-state index in [1.54, 1.807) is 6.92 Å². The Hall–Kier alpha value is -3.26. The molecule has 1 N–H and O–H groups in total. The fourth-order valence-corrected chi connectivity index (χ4v) is 4.32. The molecule has 4 rings (SSSR count). The molecule has 0 unspecified atom stereocenters. The number of rotatable bonds is 8. The summed E-state index contributed by atoms with van der Waals surface area (Å²) < 4.78 is 7.37. The van der Waals surface area contributed by atoms with Crippen LogP contribution < -0.4 is 5.32 Å². The average molecular weight is 436 g/mol. The number of benzene rings is 1. The summed E-state index contributed by atoms with van der Waals surface area (Å²) in [5, 5.41) is 9.18. The second kappa shape index (κ2) is 9.26. The Labute approximate surface area is 185 Å². The monoisotopic (exact) mass is 435 g/mol. The zero-order valence-corrected chi connectivity index (χ0v) is 18.7. The number of carbonyl (C=O) groups excluding carboxylic acids is 1. The first kappa shape index (κ1) is 21.0. The molecule has 0 saturated heterocycles. The third-order valence-corrected chi connectivity index (χ3v) is 5.96. The van der Waals surface area contributed by atoms with E-state index in [4.69, 9.17) is 4.52 Å². The zero-order chi connectivity index (χ0) is 21.8. The van der Waals surface area contributed by atoms with Gasteiger partial charge < -0.3 is 14.4 Å². The van der Waals surface area contributed by atoms with Crippen LogP contribution in [0, 0.1) is 20.8 Å². The minimum absolute atomic E-state index is 0.120. The molecule has 160 valence electrons. The second-order valence-corrected chi connectivity index (χ2v) is 8.35. The van der Waals surface area contributed by atoms with E-state index in [1.165, 1.54) is 28.3 Å². The molecule has 8 heteroatoms. The van der Waals surface area contributed by atoms with Gasteiger partial charge in [0.05, 0.1) is 5.69 Å². The molecule has 0 bridgehead atoms. The van der Waals surface area contributed by atoms with Gasteiger partial charge in [0, 0.05) is 41.7 Å². The highest BCUT2D eigenvalue weighted by molar-refractivity contribution is 7.14. The van der Waals surface area contributed by atoms with E-state index >= 15 is 0 Å². The minimum atomic E-state index is -0.120. The summed E-state index contributed by atoms with van der Waals surface area (Å²) in [7, 11) is 0. The van der Waals surface area contributed by atoms with Gasteiger partial charge >= 0.3 is 0 Å². The molecule has 3 heterocycles. The fourth-order valence-electron chi connectivity index (χ4n) is 3.59. The summed E-state index contributed by atoms with van der Waals surface area (Å²) >= 11 is 1.43. The maximum Gasteiger partial charge on any atom is 0.227 e. The molecule has 0 spiro atoms. The molecule has 31 heavy (non-hydrogen) atoms. The molecular weight excluding hydrogens is 410 g/mol. The largest absolute Gasteiger partial charge is 0.348 e. The van der Waals surface area contributed by atoms with Crippen LogP contribution in [-0.2, 0) is 24.2 Å². The quantitative estimate of drug-likeness (QED) is 0.432. The van der Waals surface area contributed by atoms with Crippen LogP contribution in [0.2, 0.25) is 0 Å². The van der Waals surface area contributed by atoms with Crippen LogP contribution in [0.3, 0.4) is 0 Å². The van der Waals surface area contributed by atoms with Gasteiger partial charge in [-0.3, -0.25) is 4.79 Å². The Morgan fingerprint density at radius 1 is 1.13 bits per heavy atom. The molecule has 0 aliphatic heterocycles. The lowest BCUT2D eigenvalue weighted by Gasteiger charge is -2.09. The Balaban J connectivity index is 1.39. The Kier molecular flexibility index (Phi) is 6.27. The van der Waals surface area contributed by atoms with Gasteiger partial charge in [-0.15, -0.1) is 11.3 Å². The normalized spacial score (nSPS) is 11.1. The average Bonchev–Trinajstić information content (AvgIpc) is 3.46. The highest BCUT2D eigenvalue weighted by Crippen LogP contribution is 2.30. The van der Waals surface area contributed by atoms with Crippen molar-refractivity contribution in [3.05, 3.63) is 70.4 Å². The minimum Gasteiger partial charge on any atom is -0.348 e. The summed E-state index contributed by atoms with van der Waals surface area (Å²) in [6.45, 7) is 6.92. The van der Waals surface area contributed by atoms with Crippen LogP contribution in [-0.4, -0.2) is 25.6 Å². The van der Waals surface area contributed by atoms with Crippen molar-refractivity contribution in [3.8, 4) is 11.3 Å². The third-order valence-electron chi connectivity index (χ3n) is 5.20. The van der Waals surface area contributed by atoms with E-state index in [9.17, 15) is 4.79 Å². The Bertz CT molecular complexity index is 1180. The van der Waals surface area contributed by atoms with E-state index in [1.807, 2.05) is 11.4 Å². The number of carbonyl (C=O) groups is 1. The van der Waals surface area contributed by atoms with Crippen molar-refractivity contribution in [1.29, 1.82) is 0 Å². The van der Waals surface area contributed by atoms with Crippen molar-refractivity contribution in [1.82, 2.24) is 19.7 Å². The zero-order valence-electron chi connectivity index (χ0n) is 17.9. The number of nitrogens with zero attached hydrogens (tertiary/aromatic N) is 4. The standard InChI is InChI=1S/C23H25N5O2S/c1-15-13-19(16(2)28(15)12-11-18-7-5-4-6-8-18)20-14-31-23(25-20)26-21(29)9-10-22-24-17(3)27-30-22/h4-8,13-14H,9-12H2,1-3H3,(H,25,26,29). The predicted octanol–water partition coefficient (Wildman–Crippen LogP) is 4.73. The van der Waals surface area contributed by atoms with Crippen LogP contribution in [0.15, 0.2) is 46.3 Å². The third kappa shape index (κ3) is 5.08. The molecule has 0 aliphatic carbocycles. The molecular formula is C23H25N5O2S.